The minimum atomic E-state index is -0.0494. The fourth-order valence-corrected chi connectivity index (χ4v) is 2.94. The van der Waals surface area contributed by atoms with Crippen LogP contribution < -0.4 is 10.2 Å². The second kappa shape index (κ2) is 8.92. The first-order valence-corrected chi connectivity index (χ1v) is 8.68. The van der Waals surface area contributed by atoms with Gasteiger partial charge < -0.3 is 4.74 Å². The van der Waals surface area contributed by atoms with Crippen LogP contribution in [0.15, 0.2) is 23.3 Å². The highest BCUT2D eigenvalue weighted by molar-refractivity contribution is 6.30. The van der Waals surface area contributed by atoms with Gasteiger partial charge in [-0.15, -0.1) is 0 Å². The Morgan fingerprint density at radius 3 is 3.00 bits per heavy atom. The first-order chi connectivity index (χ1) is 11.1. The van der Waals surface area contributed by atoms with Crippen molar-refractivity contribution in [2.45, 2.75) is 52.4 Å². The third kappa shape index (κ3) is 5.87. The molecule has 4 nitrogen and oxygen atoms in total. The Bertz CT molecular complexity index is 572. The molecule has 1 aliphatic carbocycles. The van der Waals surface area contributed by atoms with E-state index in [-0.39, 0.29) is 5.91 Å². The van der Waals surface area contributed by atoms with E-state index >= 15 is 0 Å². The van der Waals surface area contributed by atoms with Gasteiger partial charge in [0.1, 0.15) is 5.75 Å². The lowest BCUT2D eigenvalue weighted by Gasteiger charge is -2.19. The topological polar surface area (TPSA) is 50.7 Å². The lowest BCUT2D eigenvalue weighted by Crippen LogP contribution is -2.24. The summed E-state index contributed by atoms with van der Waals surface area (Å²) in [6.45, 7) is 4.63. The van der Waals surface area contributed by atoms with E-state index in [0.29, 0.717) is 30.4 Å². The average molecular weight is 337 g/mol. The molecule has 1 aromatic carbocycles. The van der Waals surface area contributed by atoms with Crippen molar-refractivity contribution in [2.75, 3.05) is 6.61 Å². The molecule has 1 aromatic rings. The van der Waals surface area contributed by atoms with E-state index < -0.39 is 0 Å². The lowest BCUT2D eigenvalue weighted by atomic mass is 9.89. The van der Waals surface area contributed by atoms with Crippen molar-refractivity contribution < 1.29 is 9.53 Å². The van der Waals surface area contributed by atoms with Crippen LogP contribution in [0.1, 0.15) is 51.0 Å². The minimum Gasteiger partial charge on any atom is -0.493 e. The molecule has 1 fully saturated rings. The Hall–Kier alpha value is -1.55. The molecule has 0 radical (unpaired) electrons. The normalized spacial score (nSPS) is 19.6. The van der Waals surface area contributed by atoms with Gasteiger partial charge in [0.25, 0.3) is 0 Å². The van der Waals surface area contributed by atoms with Crippen LogP contribution in [-0.2, 0) is 4.79 Å². The van der Waals surface area contributed by atoms with Crippen molar-refractivity contribution >= 4 is 23.2 Å². The predicted octanol–water partition coefficient (Wildman–Crippen LogP) is 4.49. The highest BCUT2D eigenvalue weighted by Gasteiger charge is 2.16. The number of nitrogens with one attached hydrogen (secondary N) is 1. The van der Waals surface area contributed by atoms with E-state index in [9.17, 15) is 4.79 Å². The number of hydrazone groups is 1. The third-order valence-corrected chi connectivity index (χ3v) is 4.39. The number of benzene rings is 1. The molecule has 0 heterocycles. The zero-order valence-electron chi connectivity index (χ0n) is 13.9. The van der Waals surface area contributed by atoms with Crippen molar-refractivity contribution in [3.63, 3.8) is 0 Å². The van der Waals surface area contributed by atoms with Gasteiger partial charge in [-0.3, -0.25) is 4.79 Å². The molecule has 0 saturated heterocycles. The summed E-state index contributed by atoms with van der Waals surface area (Å²) < 4.78 is 5.68. The monoisotopic (exact) mass is 336 g/mol. The van der Waals surface area contributed by atoms with Crippen LogP contribution in [0.25, 0.3) is 0 Å². The molecule has 5 heteroatoms. The van der Waals surface area contributed by atoms with Gasteiger partial charge in [-0.2, -0.15) is 5.10 Å². The van der Waals surface area contributed by atoms with Crippen molar-refractivity contribution in [1.29, 1.82) is 0 Å². The van der Waals surface area contributed by atoms with Gasteiger partial charge >= 0.3 is 0 Å². The van der Waals surface area contributed by atoms with Crippen molar-refractivity contribution in [1.82, 2.24) is 5.43 Å². The first kappa shape index (κ1) is 17.8. The molecule has 0 aliphatic heterocycles. The smallest absolute Gasteiger partial charge is 0.240 e. The molecule has 1 unspecified atom stereocenters. The van der Waals surface area contributed by atoms with Crippen LogP contribution in [0.4, 0.5) is 0 Å². The number of carbonyl (C=O) groups is 1. The summed E-state index contributed by atoms with van der Waals surface area (Å²) in [5.74, 6) is 1.25. The minimum absolute atomic E-state index is 0.0494. The van der Waals surface area contributed by atoms with Crippen LogP contribution in [0.5, 0.6) is 5.75 Å². The summed E-state index contributed by atoms with van der Waals surface area (Å²) in [6.07, 6.45) is 5.68. The molecule has 1 atom stereocenters. The Balaban J connectivity index is 1.67. The number of halogens is 1. The molecule has 1 amide bonds. The maximum atomic E-state index is 11.8. The zero-order chi connectivity index (χ0) is 16.7. The quantitative estimate of drug-likeness (QED) is 0.614. The maximum Gasteiger partial charge on any atom is 0.240 e. The second-order valence-electron chi connectivity index (χ2n) is 6.15. The van der Waals surface area contributed by atoms with Crippen LogP contribution in [-0.4, -0.2) is 18.2 Å². The van der Waals surface area contributed by atoms with Crippen LogP contribution in [0.2, 0.25) is 5.02 Å². The van der Waals surface area contributed by atoms with Gasteiger partial charge in [0.2, 0.25) is 5.91 Å². The number of ether oxygens (including phenoxy) is 1. The zero-order valence-corrected chi connectivity index (χ0v) is 14.7. The summed E-state index contributed by atoms with van der Waals surface area (Å²) in [7, 11) is 0. The number of carbonyl (C=O) groups excluding carboxylic acids is 1. The third-order valence-electron chi connectivity index (χ3n) is 4.16. The standard InChI is InChI=1S/C18H25ClN2O2/c1-13-6-3-4-7-16(13)20-21-18(22)8-5-11-23-17-10-9-15(19)12-14(17)2/h9-10,12-13H,3-8,11H2,1-2H3,(H,21,22). The van der Waals surface area contributed by atoms with Crippen molar-refractivity contribution in [3.8, 4) is 5.75 Å². The summed E-state index contributed by atoms with van der Waals surface area (Å²) in [4.78, 5) is 11.8. The SMILES string of the molecule is Cc1cc(Cl)ccc1OCCCC(=O)NN=C1CCCCC1C. The van der Waals surface area contributed by atoms with E-state index in [1.807, 2.05) is 19.1 Å². The second-order valence-corrected chi connectivity index (χ2v) is 6.58. The molecule has 1 aliphatic rings. The van der Waals surface area contributed by atoms with E-state index in [1.54, 1.807) is 6.07 Å². The first-order valence-electron chi connectivity index (χ1n) is 8.30. The Morgan fingerprint density at radius 1 is 1.43 bits per heavy atom. The lowest BCUT2D eigenvalue weighted by molar-refractivity contribution is -0.121. The highest BCUT2D eigenvalue weighted by Crippen LogP contribution is 2.22. The number of rotatable bonds is 6. The fraction of sp³-hybridized carbons (Fsp3) is 0.556. The molecule has 0 bridgehead atoms. The summed E-state index contributed by atoms with van der Waals surface area (Å²) >= 11 is 5.91. The maximum absolute atomic E-state index is 11.8. The van der Waals surface area contributed by atoms with Gasteiger partial charge in [-0.25, -0.2) is 5.43 Å². The summed E-state index contributed by atoms with van der Waals surface area (Å²) in [6, 6.07) is 5.53. The molecular formula is C18H25ClN2O2. The number of nitrogens with zero attached hydrogens (tertiary/aromatic N) is 1. The molecule has 1 N–H and O–H groups in total. The molecule has 126 valence electrons. The summed E-state index contributed by atoms with van der Waals surface area (Å²) in [5, 5.41) is 4.99. The number of amides is 1. The Morgan fingerprint density at radius 2 is 2.26 bits per heavy atom. The van der Waals surface area contributed by atoms with Gasteiger partial charge in [0.15, 0.2) is 0 Å². The van der Waals surface area contributed by atoms with Gasteiger partial charge in [0, 0.05) is 17.2 Å². The fourth-order valence-electron chi connectivity index (χ4n) is 2.72. The van der Waals surface area contributed by atoms with Crippen LogP contribution in [0.3, 0.4) is 0 Å². The van der Waals surface area contributed by atoms with Gasteiger partial charge in [-0.1, -0.05) is 24.9 Å². The molecule has 2 rings (SSSR count). The van der Waals surface area contributed by atoms with E-state index in [0.717, 1.165) is 23.4 Å². The van der Waals surface area contributed by atoms with Crippen LogP contribution >= 0.6 is 11.6 Å². The molecule has 1 saturated carbocycles. The Kier molecular flexibility index (Phi) is 6.90. The highest BCUT2D eigenvalue weighted by atomic mass is 35.5. The Labute approximate surface area is 143 Å². The van der Waals surface area contributed by atoms with Crippen LogP contribution in [0, 0.1) is 12.8 Å². The molecule has 23 heavy (non-hydrogen) atoms. The molecule has 0 aromatic heterocycles. The average Bonchev–Trinajstić information content (AvgIpc) is 2.52. The van der Waals surface area contributed by atoms with Crippen molar-refractivity contribution in [3.05, 3.63) is 28.8 Å². The van der Waals surface area contributed by atoms with E-state index in [4.69, 9.17) is 16.3 Å². The van der Waals surface area contributed by atoms with Gasteiger partial charge in [-0.05, 0) is 62.3 Å². The number of hydrogen-bond acceptors (Lipinski definition) is 3. The molecule has 0 spiro atoms. The largest absolute Gasteiger partial charge is 0.493 e. The van der Waals surface area contributed by atoms with Gasteiger partial charge in [0.05, 0.1) is 6.61 Å². The summed E-state index contributed by atoms with van der Waals surface area (Å²) in [5.41, 5.74) is 4.80. The van der Waals surface area contributed by atoms with E-state index in [1.165, 1.54) is 19.3 Å². The van der Waals surface area contributed by atoms with Crippen molar-refractivity contribution in [2.24, 2.45) is 11.0 Å². The predicted molar refractivity (Wildman–Crippen MR) is 94.1 cm³/mol. The molecular weight excluding hydrogens is 312 g/mol. The number of hydrogen-bond donors (Lipinski definition) is 1. The van der Waals surface area contributed by atoms with E-state index in [2.05, 4.69) is 17.5 Å². The number of aryl methyl sites for hydroxylation is 1.